The molecular formula is C16H36S2Sn. The van der Waals surface area contributed by atoms with Crippen molar-refractivity contribution >= 4 is 49.2 Å². The van der Waals surface area contributed by atoms with Crippen LogP contribution in [0.5, 0.6) is 0 Å². The van der Waals surface area contributed by atoms with E-state index in [1.165, 1.54) is 11.8 Å². The molecule has 0 saturated carbocycles. The number of hydrogen-bond acceptors (Lipinski definition) is 2. The molecule has 0 N–H and O–H groups in total. The van der Waals surface area contributed by atoms with E-state index in [0.717, 1.165) is 11.5 Å². The summed E-state index contributed by atoms with van der Waals surface area (Å²) in [6.07, 6.45) is 0. The molecule has 3 heteroatoms. The van der Waals surface area contributed by atoms with Crippen molar-refractivity contribution in [2.45, 2.75) is 69.2 Å². The van der Waals surface area contributed by atoms with Gasteiger partial charge in [0.05, 0.1) is 0 Å². The number of hydrogen-bond donors (Lipinski definition) is 0. The van der Waals surface area contributed by atoms with Gasteiger partial charge in [-0.15, -0.1) is 0 Å². The van der Waals surface area contributed by atoms with Crippen molar-refractivity contribution in [1.82, 2.24) is 0 Å². The van der Waals surface area contributed by atoms with E-state index in [-0.39, 0.29) is 23.9 Å². The van der Waals surface area contributed by atoms with Crippen LogP contribution in [0.2, 0.25) is 0 Å². The van der Waals surface area contributed by atoms with Crippen LogP contribution in [0.25, 0.3) is 0 Å². The average molecular weight is 411 g/mol. The third-order valence-electron chi connectivity index (χ3n) is 0.667. The minimum absolute atomic E-state index is 0. The zero-order valence-electron chi connectivity index (χ0n) is 14.9. The maximum atomic E-state index is 4.68. The summed E-state index contributed by atoms with van der Waals surface area (Å²) >= 11 is 9.35. The summed E-state index contributed by atoms with van der Waals surface area (Å²) < 4.78 is 0. The predicted octanol–water partition coefficient (Wildman–Crippen LogP) is 5.24. The first-order chi connectivity index (χ1) is 8.00. The van der Waals surface area contributed by atoms with E-state index in [1.807, 2.05) is 0 Å². The predicted molar refractivity (Wildman–Crippen MR) is 100 cm³/mol. The van der Waals surface area contributed by atoms with Gasteiger partial charge in [0.15, 0.2) is 0 Å². The van der Waals surface area contributed by atoms with Crippen LogP contribution < -0.4 is 0 Å². The molecule has 0 aliphatic heterocycles. The van der Waals surface area contributed by atoms with Gasteiger partial charge in [0.1, 0.15) is 0 Å². The fourth-order valence-electron chi connectivity index (χ4n) is 0. The molecule has 116 valence electrons. The Bertz CT molecular complexity index is 93.8. The molecule has 19 heavy (non-hydrogen) atoms. The zero-order chi connectivity index (χ0) is 15.7. The van der Waals surface area contributed by atoms with E-state index in [4.69, 9.17) is 0 Å². The van der Waals surface area contributed by atoms with Crippen molar-refractivity contribution in [3.63, 3.8) is 0 Å². The molecule has 0 aromatic heterocycles. The van der Waals surface area contributed by atoms with Gasteiger partial charge in [0.25, 0.3) is 0 Å². The van der Waals surface area contributed by atoms with E-state index in [1.54, 1.807) is 0 Å². The quantitative estimate of drug-likeness (QED) is 0.450. The van der Waals surface area contributed by atoms with Crippen LogP contribution in [0.1, 0.15) is 69.2 Å². The second-order valence-corrected chi connectivity index (χ2v) is 6.79. The molecule has 0 heterocycles. The number of rotatable bonds is 2. The Hall–Kier alpha value is 1.50. The van der Waals surface area contributed by atoms with Crippen LogP contribution >= 0.6 is 0 Å². The Labute approximate surface area is 153 Å². The van der Waals surface area contributed by atoms with E-state index in [2.05, 4.69) is 94.5 Å². The van der Waals surface area contributed by atoms with Crippen molar-refractivity contribution in [2.75, 3.05) is 11.5 Å². The summed E-state index contributed by atoms with van der Waals surface area (Å²) in [5, 5.41) is 0. The van der Waals surface area contributed by atoms with Gasteiger partial charge < -0.3 is 25.3 Å². The van der Waals surface area contributed by atoms with E-state index < -0.39 is 0 Å². The molecule has 0 atom stereocenters. The summed E-state index contributed by atoms with van der Waals surface area (Å²) in [5.74, 6) is 6.01. The van der Waals surface area contributed by atoms with Crippen molar-refractivity contribution in [3.05, 3.63) is 11.8 Å². The van der Waals surface area contributed by atoms with E-state index >= 15 is 0 Å². The fourth-order valence-corrected chi connectivity index (χ4v) is 0. The van der Waals surface area contributed by atoms with Crippen molar-refractivity contribution in [1.29, 1.82) is 0 Å². The van der Waals surface area contributed by atoms with Gasteiger partial charge in [-0.3, -0.25) is 0 Å². The molecule has 0 spiro atoms. The molecule has 4 radical (unpaired) electrons. The molecule has 0 aromatic rings. The summed E-state index contributed by atoms with van der Waals surface area (Å²) in [5.41, 5.74) is 0. The SMILES string of the molecule is CC(C)C[S-].CC(C)C[S-].C[C](C)C.C[C](C)C.[Sn+2]. The second kappa shape index (κ2) is 27.8. The molecule has 0 aromatic carbocycles. The minimum Gasteiger partial charge on any atom is -0.792 e. The zero-order valence-corrected chi connectivity index (χ0v) is 19.4. The average Bonchev–Trinajstić information content (AvgIpc) is 2.16. The monoisotopic (exact) mass is 412 g/mol. The minimum atomic E-state index is 0. The first kappa shape index (κ1) is 32.4. The summed E-state index contributed by atoms with van der Waals surface area (Å²) in [4.78, 5) is 0. The first-order valence-corrected chi connectivity index (χ1v) is 7.86. The Kier molecular flexibility index (Phi) is 47.4. The van der Waals surface area contributed by atoms with Crippen molar-refractivity contribution < 1.29 is 0 Å². The molecule has 0 aliphatic rings. The van der Waals surface area contributed by atoms with Gasteiger partial charge in [-0.2, -0.15) is 11.5 Å². The Balaban J connectivity index is -0.0000000453. The molecule has 0 aliphatic carbocycles. The molecule has 0 nitrogen and oxygen atoms in total. The summed E-state index contributed by atoms with van der Waals surface area (Å²) in [7, 11) is 0. The van der Waals surface area contributed by atoms with Crippen LogP contribution in [0.4, 0.5) is 0 Å². The second-order valence-electron chi connectivity index (χ2n) is 6.12. The van der Waals surface area contributed by atoms with Crippen LogP contribution in [0, 0.1) is 23.7 Å². The fraction of sp³-hybridized carbons (Fsp3) is 0.875. The van der Waals surface area contributed by atoms with Crippen LogP contribution in [0.15, 0.2) is 0 Å². The largest absolute Gasteiger partial charge is 2.00 e. The Morgan fingerprint density at radius 2 is 0.684 bits per heavy atom. The maximum absolute atomic E-state index is 4.68. The molecular weight excluding hydrogens is 375 g/mol. The third-order valence-corrected chi connectivity index (χ3v) is 2.00. The third kappa shape index (κ3) is 197. The normalized spacial score (nSPS) is 8.84. The van der Waals surface area contributed by atoms with Gasteiger partial charge >= 0.3 is 23.9 Å². The van der Waals surface area contributed by atoms with Gasteiger partial charge in [0, 0.05) is 0 Å². The summed E-state index contributed by atoms with van der Waals surface area (Å²) in [6, 6.07) is 0. The van der Waals surface area contributed by atoms with Crippen LogP contribution in [-0.2, 0) is 25.3 Å². The van der Waals surface area contributed by atoms with Crippen LogP contribution in [0.3, 0.4) is 0 Å². The topological polar surface area (TPSA) is 0 Å². The van der Waals surface area contributed by atoms with Crippen molar-refractivity contribution in [2.24, 2.45) is 11.8 Å². The van der Waals surface area contributed by atoms with Gasteiger partial charge in [-0.05, 0) is 11.8 Å². The molecule has 0 rings (SSSR count). The Morgan fingerprint density at radius 1 is 0.632 bits per heavy atom. The molecule has 0 fully saturated rings. The standard InChI is InChI=1S/2C4H10S.2C4H9.Sn/c2*1-4(2)3-5;2*1-4(2)3;/h2*4-5H,3H2,1-2H3;2*1-3H3;/q;;;;+2/p-2. The molecule has 0 unspecified atom stereocenters. The first-order valence-electron chi connectivity index (χ1n) is 6.70. The van der Waals surface area contributed by atoms with E-state index in [9.17, 15) is 0 Å². The molecule has 0 bridgehead atoms. The smallest absolute Gasteiger partial charge is 0.792 e. The molecule has 0 saturated heterocycles. The van der Waals surface area contributed by atoms with Gasteiger partial charge in [-0.1, -0.05) is 81.1 Å². The van der Waals surface area contributed by atoms with E-state index in [0.29, 0.717) is 11.8 Å². The van der Waals surface area contributed by atoms with Gasteiger partial charge in [0.2, 0.25) is 0 Å². The summed E-state index contributed by atoms with van der Waals surface area (Å²) in [6.45, 7) is 21.0. The van der Waals surface area contributed by atoms with Crippen LogP contribution in [-0.4, -0.2) is 35.4 Å². The Morgan fingerprint density at radius 3 is 0.684 bits per heavy atom. The molecule has 0 amide bonds. The maximum Gasteiger partial charge on any atom is 2.00 e. The van der Waals surface area contributed by atoms with Gasteiger partial charge in [-0.25, -0.2) is 0 Å². The van der Waals surface area contributed by atoms with Crippen molar-refractivity contribution in [3.8, 4) is 0 Å².